The highest BCUT2D eigenvalue weighted by atomic mass is 32.2. The second-order valence-corrected chi connectivity index (χ2v) is 7.75. The smallest absolute Gasteiger partial charge is 0.240 e. The molecule has 1 N–H and O–H groups in total. The molecule has 1 aromatic rings. The number of carbonyl (C=O) groups is 1. The fourth-order valence-electron chi connectivity index (χ4n) is 3.59. The SMILES string of the molecule is CCC1(CO)CCN(C(=O)C2SCCc3ccccc32)CC1. The Kier molecular flexibility index (Phi) is 4.79. The number of aliphatic hydroxyl groups excluding tert-OH is 1. The van der Waals surface area contributed by atoms with Crippen molar-refractivity contribution >= 4 is 17.7 Å². The Morgan fingerprint density at radius 3 is 2.77 bits per heavy atom. The van der Waals surface area contributed by atoms with Crippen molar-refractivity contribution in [2.24, 2.45) is 5.41 Å². The van der Waals surface area contributed by atoms with Crippen LogP contribution in [0.4, 0.5) is 0 Å². The minimum Gasteiger partial charge on any atom is -0.396 e. The Labute approximate surface area is 137 Å². The summed E-state index contributed by atoms with van der Waals surface area (Å²) in [5.74, 6) is 1.29. The van der Waals surface area contributed by atoms with Crippen molar-refractivity contribution in [3.8, 4) is 0 Å². The Morgan fingerprint density at radius 1 is 1.36 bits per heavy atom. The first kappa shape index (κ1) is 15.9. The standard InChI is InChI=1S/C18H25NO2S/c1-2-18(13-20)8-10-19(11-9-18)17(21)16-15-6-4-3-5-14(15)7-12-22-16/h3-6,16,20H,2,7-13H2,1H3. The lowest BCUT2D eigenvalue weighted by molar-refractivity contribution is -0.133. The number of hydrogen-bond acceptors (Lipinski definition) is 3. The third kappa shape index (κ3) is 2.91. The van der Waals surface area contributed by atoms with Crippen molar-refractivity contribution in [1.82, 2.24) is 4.90 Å². The molecule has 3 nitrogen and oxygen atoms in total. The molecule has 1 aromatic carbocycles. The molecule has 0 bridgehead atoms. The van der Waals surface area contributed by atoms with Crippen LogP contribution in [0, 0.1) is 5.41 Å². The summed E-state index contributed by atoms with van der Waals surface area (Å²) >= 11 is 1.78. The van der Waals surface area contributed by atoms with Gasteiger partial charge in [0.2, 0.25) is 5.91 Å². The first-order valence-corrected chi connectivity index (χ1v) is 9.33. The first-order valence-electron chi connectivity index (χ1n) is 8.28. The molecule has 3 rings (SSSR count). The van der Waals surface area contributed by atoms with Crippen LogP contribution in [0.3, 0.4) is 0 Å². The molecule has 0 saturated carbocycles. The van der Waals surface area contributed by atoms with E-state index >= 15 is 0 Å². The minimum absolute atomic E-state index is 0.0341. The van der Waals surface area contributed by atoms with Crippen LogP contribution in [-0.4, -0.2) is 41.4 Å². The Bertz CT molecular complexity index is 532. The van der Waals surface area contributed by atoms with Crippen LogP contribution in [0.2, 0.25) is 0 Å². The van der Waals surface area contributed by atoms with Crippen LogP contribution in [0.15, 0.2) is 24.3 Å². The Morgan fingerprint density at radius 2 is 2.09 bits per heavy atom. The number of rotatable bonds is 3. The van der Waals surface area contributed by atoms with Crippen LogP contribution >= 0.6 is 11.8 Å². The van der Waals surface area contributed by atoms with Gasteiger partial charge in [-0.3, -0.25) is 4.79 Å². The van der Waals surface area contributed by atoms with E-state index in [1.807, 2.05) is 11.0 Å². The van der Waals surface area contributed by atoms with Gasteiger partial charge in [-0.15, -0.1) is 11.8 Å². The molecule has 0 spiro atoms. The van der Waals surface area contributed by atoms with Gasteiger partial charge in [0.1, 0.15) is 5.25 Å². The first-order chi connectivity index (χ1) is 10.7. The van der Waals surface area contributed by atoms with Crippen molar-refractivity contribution in [2.45, 2.75) is 37.9 Å². The van der Waals surface area contributed by atoms with E-state index in [1.54, 1.807) is 11.8 Å². The van der Waals surface area contributed by atoms with E-state index in [0.717, 1.165) is 44.5 Å². The number of thioether (sulfide) groups is 1. The quantitative estimate of drug-likeness (QED) is 0.931. The van der Waals surface area contributed by atoms with Gasteiger partial charge in [0.15, 0.2) is 0 Å². The number of amides is 1. The molecule has 1 fully saturated rings. The van der Waals surface area contributed by atoms with Gasteiger partial charge in [0.05, 0.1) is 0 Å². The molecule has 22 heavy (non-hydrogen) atoms. The van der Waals surface area contributed by atoms with Gasteiger partial charge in [-0.2, -0.15) is 0 Å². The van der Waals surface area contributed by atoms with Gasteiger partial charge in [-0.05, 0) is 48.0 Å². The average molecular weight is 319 g/mol. The number of piperidine rings is 1. The zero-order valence-corrected chi connectivity index (χ0v) is 14.1. The van der Waals surface area contributed by atoms with Crippen LogP contribution in [-0.2, 0) is 11.2 Å². The summed E-state index contributed by atoms with van der Waals surface area (Å²) in [6.45, 7) is 3.95. The largest absolute Gasteiger partial charge is 0.396 e. The third-order valence-electron chi connectivity index (χ3n) is 5.44. The predicted molar refractivity (Wildman–Crippen MR) is 91.0 cm³/mol. The topological polar surface area (TPSA) is 40.5 Å². The lowest BCUT2D eigenvalue weighted by atomic mass is 9.77. The third-order valence-corrected chi connectivity index (χ3v) is 6.67. The van der Waals surface area contributed by atoms with Crippen molar-refractivity contribution in [3.63, 3.8) is 0 Å². The number of nitrogens with zero attached hydrogens (tertiary/aromatic N) is 1. The molecule has 2 aliphatic heterocycles. The maximum atomic E-state index is 12.9. The van der Waals surface area contributed by atoms with Crippen molar-refractivity contribution in [1.29, 1.82) is 0 Å². The monoisotopic (exact) mass is 319 g/mol. The van der Waals surface area contributed by atoms with E-state index in [0.29, 0.717) is 0 Å². The van der Waals surface area contributed by atoms with E-state index in [9.17, 15) is 9.90 Å². The molecule has 1 unspecified atom stereocenters. The zero-order valence-electron chi connectivity index (χ0n) is 13.3. The van der Waals surface area contributed by atoms with Gasteiger partial charge in [-0.1, -0.05) is 31.2 Å². The summed E-state index contributed by atoms with van der Waals surface area (Å²) in [7, 11) is 0. The number of aryl methyl sites for hydroxylation is 1. The predicted octanol–water partition coefficient (Wildman–Crippen LogP) is 3.03. The van der Waals surface area contributed by atoms with Crippen LogP contribution < -0.4 is 0 Å². The van der Waals surface area contributed by atoms with Crippen LogP contribution in [0.5, 0.6) is 0 Å². The average Bonchev–Trinajstić information content (AvgIpc) is 2.60. The Hall–Kier alpha value is -1.00. The number of hydrogen-bond donors (Lipinski definition) is 1. The molecular formula is C18H25NO2S. The maximum absolute atomic E-state index is 12.9. The number of likely N-dealkylation sites (tertiary alicyclic amines) is 1. The molecule has 1 amide bonds. The van der Waals surface area contributed by atoms with Gasteiger partial charge >= 0.3 is 0 Å². The highest BCUT2D eigenvalue weighted by Gasteiger charge is 2.37. The van der Waals surface area contributed by atoms with Gasteiger partial charge in [-0.25, -0.2) is 0 Å². The maximum Gasteiger partial charge on any atom is 0.240 e. The lowest BCUT2D eigenvalue weighted by Gasteiger charge is -2.41. The van der Waals surface area contributed by atoms with Crippen molar-refractivity contribution in [3.05, 3.63) is 35.4 Å². The summed E-state index contributed by atoms with van der Waals surface area (Å²) in [5.41, 5.74) is 2.57. The van der Waals surface area contributed by atoms with Crippen molar-refractivity contribution in [2.75, 3.05) is 25.4 Å². The van der Waals surface area contributed by atoms with E-state index in [-0.39, 0.29) is 23.2 Å². The molecule has 4 heteroatoms. The van der Waals surface area contributed by atoms with Gasteiger partial charge in [0.25, 0.3) is 0 Å². The fourth-order valence-corrected chi connectivity index (χ4v) is 4.86. The summed E-state index contributed by atoms with van der Waals surface area (Å²) in [6, 6.07) is 8.36. The van der Waals surface area contributed by atoms with E-state index in [4.69, 9.17) is 0 Å². The minimum atomic E-state index is -0.0341. The second kappa shape index (κ2) is 6.63. The number of fused-ring (bicyclic) bond motifs is 1. The van der Waals surface area contributed by atoms with Crippen LogP contribution in [0.25, 0.3) is 0 Å². The van der Waals surface area contributed by atoms with E-state index < -0.39 is 0 Å². The normalized spacial score (nSPS) is 23.9. The number of benzene rings is 1. The summed E-state index contributed by atoms with van der Waals surface area (Å²) in [4.78, 5) is 15.0. The second-order valence-electron chi connectivity index (χ2n) is 6.54. The summed E-state index contributed by atoms with van der Waals surface area (Å²) < 4.78 is 0. The van der Waals surface area contributed by atoms with Gasteiger partial charge < -0.3 is 10.0 Å². The summed E-state index contributed by atoms with van der Waals surface area (Å²) in [6.07, 6.45) is 3.90. The molecular weight excluding hydrogens is 294 g/mol. The van der Waals surface area contributed by atoms with E-state index in [1.165, 1.54) is 11.1 Å². The molecule has 2 heterocycles. The zero-order chi connectivity index (χ0) is 15.6. The highest BCUT2D eigenvalue weighted by Crippen LogP contribution is 2.40. The molecule has 0 aromatic heterocycles. The van der Waals surface area contributed by atoms with E-state index in [2.05, 4.69) is 25.1 Å². The molecule has 1 atom stereocenters. The number of aliphatic hydroxyl groups is 1. The molecule has 0 radical (unpaired) electrons. The Balaban J connectivity index is 1.71. The summed E-state index contributed by atoms with van der Waals surface area (Å²) in [5, 5.41) is 9.60. The molecule has 120 valence electrons. The fraction of sp³-hybridized carbons (Fsp3) is 0.611. The lowest BCUT2D eigenvalue weighted by Crippen LogP contribution is -2.46. The van der Waals surface area contributed by atoms with Crippen molar-refractivity contribution < 1.29 is 9.90 Å². The highest BCUT2D eigenvalue weighted by molar-refractivity contribution is 8.00. The van der Waals surface area contributed by atoms with Crippen LogP contribution in [0.1, 0.15) is 42.6 Å². The molecule has 2 aliphatic rings. The molecule has 1 saturated heterocycles. The number of carbonyl (C=O) groups excluding carboxylic acids is 1. The molecule has 0 aliphatic carbocycles. The van der Waals surface area contributed by atoms with Gasteiger partial charge in [0, 0.05) is 19.7 Å².